The normalized spacial score (nSPS) is 14.2. The first-order valence-electron chi connectivity index (χ1n) is 7.49. The predicted octanol–water partition coefficient (Wildman–Crippen LogP) is 3.38. The van der Waals surface area contributed by atoms with E-state index in [9.17, 15) is 4.79 Å². The van der Waals surface area contributed by atoms with Crippen LogP contribution in [0.1, 0.15) is 56.7 Å². The van der Waals surface area contributed by atoms with Gasteiger partial charge in [-0.25, -0.2) is 0 Å². The van der Waals surface area contributed by atoms with Crippen LogP contribution in [0.3, 0.4) is 0 Å². The topological polar surface area (TPSA) is 46.1 Å². The number of hydrogen-bond acceptors (Lipinski definition) is 3. The molecule has 20 heavy (non-hydrogen) atoms. The molecular weight excluding hydrogens is 274 g/mol. The Balaban J connectivity index is 1.81. The quantitative estimate of drug-likeness (QED) is 0.756. The van der Waals surface area contributed by atoms with E-state index in [1.165, 1.54) is 19.3 Å². The van der Waals surface area contributed by atoms with E-state index in [1.54, 1.807) is 0 Å². The number of carbonyl (C=O) groups excluding carboxylic acids is 1. The van der Waals surface area contributed by atoms with Crippen LogP contribution < -0.4 is 0 Å². The molecule has 2 heterocycles. The van der Waals surface area contributed by atoms with Crippen LogP contribution in [-0.4, -0.2) is 27.5 Å². The molecule has 1 amide bonds. The van der Waals surface area contributed by atoms with Crippen molar-refractivity contribution < 1.29 is 4.79 Å². The number of fused-ring (bicyclic) bond motifs is 1. The maximum absolute atomic E-state index is 12.2. The summed E-state index contributed by atoms with van der Waals surface area (Å²) in [6, 6.07) is 1.82. The molecular formula is C15H22ClN3O. The summed E-state index contributed by atoms with van der Waals surface area (Å²) in [7, 11) is 0. The van der Waals surface area contributed by atoms with E-state index in [2.05, 4.69) is 17.1 Å². The summed E-state index contributed by atoms with van der Waals surface area (Å²) in [5.74, 6) is 0.250. The Labute approximate surface area is 125 Å². The molecule has 0 bridgehead atoms. The number of hydrogen-bond donors (Lipinski definition) is 0. The lowest BCUT2D eigenvalue weighted by Crippen LogP contribution is -2.36. The van der Waals surface area contributed by atoms with Crippen molar-refractivity contribution in [3.63, 3.8) is 0 Å². The second-order valence-electron chi connectivity index (χ2n) is 5.37. The highest BCUT2D eigenvalue weighted by atomic mass is 35.5. The third-order valence-electron chi connectivity index (χ3n) is 3.76. The van der Waals surface area contributed by atoms with Crippen LogP contribution in [0.4, 0.5) is 0 Å². The van der Waals surface area contributed by atoms with Gasteiger partial charge >= 0.3 is 0 Å². The van der Waals surface area contributed by atoms with Crippen LogP contribution in [0.15, 0.2) is 6.07 Å². The number of carbonyl (C=O) groups is 1. The standard InChI is InChI=1S/C15H22ClN3O/c1-2-3-4-5-6-7-15(20)19-9-8-13-12(11-19)10-14(16)18-17-13/h10H,2-9,11H2,1H3. The Hall–Kier alpha value is -1.16. The van der Waals surface area contributed by atoms with Crippen LogP contribution in [0.2, 0.25) is 5.15 Å². The number of halogens is 1. The lowest BCUT2D eigenvalue weighted by molar-refractivity contribution is -0.132. The zero-order chi connectivity index (χ0) is 14.4. The van der Waals surface area contributed by atoms with Gasteiger partial charge in [0.1, 0.15) is 0 Å². The van der Waals surface area contributed by atoms with E-state index in [1.807, 2.05) is 11.0 Å². The molecule has 1 aliphatic heterocycles. The summed E-state index contributed by atoms with van der Waals surface area (Å²) >= 11 is 5.86. The molecule has 0 saturated carbocycles. The first-order chi connectivity index (χ1) is 9.70. The minimum Gasteiger partial charge on any atom is -0.338 e. The molecule has 1 aliphatic rings. The highest BCUT2D eigenvalue weighted by Gasteiger charge is 2.21. The summed E-state index contributed by atoms with van der Waals surface area (Å²) in [6.07, 6.45) is 7.32. The van der Waals surface area contributed by atoms with E-state index in [4.69, 9.17) is 11.6 Å². The molecule has 0 aliphatic carbocycles. The fraction of sp³-hybridized carbons (Fsp3) is 0.667. The van der Waals surface area contributed by atoms with Gasteiger partial charge in [0.2, 0.25) is 5.91 Å². The zero-order valence-electron chi connectivity index (χ0n) is 12.1. The predicted molar refractivity (Wildman–Crippen MR) is 79.5 cm³/mol. The van der Waals surface area contributed by atoms with Gasteiger partial charge in [0, 0.05) is 25.9 Å². The largest absolute Gasteiger partial charge is 0.338 e. The maximum atomic E-state index is 12.2. The molecule has 0 saturated heterocycles. The smallest absolute Gasteiger partial charge is 0.222 e. The van der Waals surface area contributed by atoms with E-state index in [0.717, 1.165) is 37.1 Å². The molecule has 4 nitrogen and oxygen atoms in total. The monoisotopic (exact) mass is 295 g/mol. The minimum absolute atomic E-state index is 0.250. The van der Waals surface area contributed by atoms with Crippen molar-refractivity contribution >= 4 is 17.5 Å². The Morgan fingerprint density at radius 1 is 1.30 bits per heavy atom. The van der Waals surface area contributed by atoms with Crippen LogP contribution in [0.25, 0.3) is 0 Å². The van der Waals surface area contributed by atoms with Crippen molar-refractivity contribution in [2.24, 2.45) is 0 Å². The molecule has 0 N–H and O–H groups in total. The molecule has 5 heteroatoms. The van der Waals surface area contributed by atoms with Crippen LogP contribution in [0, 0.1) is 0 Å². The first-order valence-corrected chi connectivity index (χ1v) is 7.87. The fourth-order valence-electron chi connectivity index (χ4n) is 2.55. The van der Waals surface area contributed by atoms with Crippen molar-refractivity contribution in [3.05, 3.63) is 22.5 Å². The van der Waals surface area contributed by atoms with Gasteiger partial charge in [0.15, 0.2) is 5.15 Å². The van der Waals surface area contributed by atoms with E-state index in [-0.39, 0.29) is 5.91 Å². The average molecular weight is 296 g/mol. The summed E-state index contributed by atoms with van der Waals surface area (Å²) in [5, 5.41) is 8.34. The SMILES string of the molecule is CCCCCCCC(=O)N1CCc2nnc(Cl)cc2C1. The number of rotatable bonds is 6. The Bertz CT molecular complexity index is 464. The third-order valence-corrected chi connectivity index (χ3v) is 3.94. The highest BCUT2D eigenvalue weighted by molar-refractivity contribution is 6.29. The third kappa shape index (κ3) is 4.17. The van der Waals surface area contributed by atoms with Gasteiger partial charge in [-0.3, -0.25) is 4.79 Å². The average Bonchev–Trinajstić information content (AvgIpc) is 2.46. The summed E-state index contributed by atoms with van der Waals surface area (Å²) in [6.45, 7) is 3.57. The highest BCUT2D eigenvalue weighted by Crippen LogP contribution is 2.20. The van der Waals surface area contributed by atoms with Crippen molar-refractivity contribution in [1.29, 1.82) is 0 Å². The van der Waals surface area contributed by atoms with Gasteiger partial charge in [0.05, 0.1) is 5.69 Å². The van der Waals surface area contributed by atoms with Crippen molar-refractivity contribution in [2.75, 3.05) is 6.54 Å². The summed E-state index contributed by atoms with van der Waals surface area (Å²) < 4.78 is 0. The summed E-state index contributed by atoms with van der Waals surface area (Å²) in [5.41, 5.74) is 2.01. The van der Waals surface area contributed by atoms with Crippen LogP contribution in [-0.2, 0) is 17.8 Å². The van der Waals surface area contributed by atoms with E-state index >= 15 is 0 Å². The second kappa shape index (κ2) is 7.58. The molecule has 1 aromatic heterocycles. The molecule has 110 valence electrons. The van der Waals surface area contributed by atoms with Crippen molar-refractivity contribution in [3.8, 4) is 0 Å². The second-order valence-corrected chi connectivity index (χ2v) is 5.76. The Morgan fingerprint density at radius 3 is 2.90 bits per heavy atom. The first kappa shape index (κ1) is 15.2. The minimum atomic E-state index is 0.250. The molecule has 2 rings (SSSR count). The molecule has 0 fully saturated rings. The van der Waals surface area contributed by atoms with E-state index in [0.29, 0.717) is 18.1 Å². The zero-order valence-corrected chi connectivity index (χ0v) is 12.8. The summed E-state index contributed by atoms with van der Waals surface area (Å²) in [4.78, 5) is 14.1. The maximum Gasteiger partial charge on any atom is 0.222 e. The van der Waals surface area contributed by atoms with Gasteiger partial charge < -0.3 is 4.90 Å². The number of aromatic nitrogens is 2. The number of nitrogens with zero attached hydrogens (tertiary/aromatic N) is 3. The molecule has 1 aromatic rings. The van der Waals surface area contributed by atoms with Crippen molar-refractivity contribution in [2.45, 2.75) is 58.4 Å². The van der Waals surface area contributed by atoms with Crippen LogP contribution in [0.5, 0.6) is 0 Å². The molecule has 0 unspecified atom stereocenters. The van der Waals surface area contributed by atoms with Crippen molar-refractivity contribution in [1.82, 2.24) is 15.1 Å². The lowest BCUT2D eigenvalue weighted by Gasteiger charge is -2.28. The molecule has 0 spiro atoms. The lowest BCUT2D eigenvalue weighted by atomic mass is 10.1. The van der Waals surface area contributed by atoms with Crippen LogP contribution >= 0.6 is 11.6 Å². The molecule has 0 aromatic carbocycles. The molecule has 0 radical (unpaired) electrons. The fourth-order valence-corrected chi connectivity index (χ4v) is 2.72. The van der Waals surface area contributed by atoms with Gasteiger partial charge in [-0.15, -0.1) is 5.10 Å². The Morgan fingerprint density at radius 2 is 2.10 bits per heavy atom. The number of amides is 1. The number of unbranched alkanes of at least 4 members (excludes halogenated alkanes) is 4. The van der Waals surface area contributed by atoms with Gasteiger partial charge in [-0.1, -0.05) is 44.2 Å². The van der Waals surface area contributed by atoms with E-state index < -0.39 is 0 Å². The Kier molecular flexibility index (Phi) is 5.77. The van der Waals surface area contributed by atoms with Gasteiger partial charge in [-0.05, 0) is 18.1 Å². The molecule has 0 atom stereocenters. The van der Waals surface area contributed by atoms with Gasteiger partial charge in [0.25, 0.3) is 0 Å². The van der Waals surface area contributed by atoms with Gasteiger partial charge in [-0.2, -0.15) is 5.10 Å².